The average Bonchev–Trinajstić information content (AvgIpc) is 2.99. The second kappa shape index (κ2) is 4.53. The van der Waals surface area contributed by atoms with Crippen LogP contribution in [0.15, 0.2) is 0 Å². The lowest BCUT2D eigenvalue weighted by Gasteiger charge is -2.21. The van der Waals surface area contributed by atoms with Crippen molar-refractivity contribution in [3.05, 3.63) is 0 Å². The summed E-state index contributed by atoms with van der Waals surface area (Å²) in [6.45, 7) is 2.74. The minimum Gasteiger partial charge on any atom is -0.480 e. The zero-order valence-corrected chi connectivity index (χ0v) is 10.5. The van der Waals surface area contributed by atoms with Crippen molar-refractivity contribution in [1.29, 1.82) is 0 Å². The molecule has 6 heteroatoms. The van der Waals surface area contributed by atoms with Gasteiger partial charge in [-0.15, -0.1) is 0 Å². The molecule has 0 radical (unpaired) electrons. The van der Waals surface area contributed by atoms with E-state index >= 15 is 0 Å². The van der Waals surface area contributed by atoms with Crippen LogP contribution in [0.3, 0.4) is 0 Å². The lowest BCUT2D eigenvalue weighted by atomic mass is 10.2. The van der Waals surface area contributed by atoms with E-state index in [0.29, 0.717) is 0 Å². The zero-order chi connectivity index (χ0) is 12.5. The number of hydrogen-bond acceptors (Lipinski definition) is 3. The number of aliphatic carboxylic acids is 1. The maximum atomic E-state index is 11.7. The summed E-state index contributed by atoms with van der Waals surface area (Å²) in [7, 11) is -0.0191. The molecule has 1 atom stereocenters. The third-order valence-corrected chi connectivity index (χ3v) is 4.65. The smallest absolute Gasteiger partial charge is 0.321 e. The molecule has 1 rings (SSSR count). The van der Waals surface area contributed by atoms with Gasteiger partial charge in [-0.2, -0.15) is 0 Å². The van der Waals surface area contributed by atoms with Crippen LogP contribution in [0.5, 0.6) is 0 Å². The van der Waals surface area contributed by atoms with Gasteiger partial charge in [0.15, 0.2) is 0 Å². The van der Waals surface area contributed by atoms with E-state index in [1.807, 2.05) is 0 Å². The minimum atomic E-state index is -1.69. The number of amides is 1. The van der Waals surface area contributed by atoms with Gasteiger partial charge in [-0.05, 0) is 26.7 Å². The molecule has 1 unspecified atom stereocenters. The van der Waals surface area contributed by atoms with Gasteiger partial charge in [-0.25, -0.2) is 0 Å². The Balaban J connectivity index is 2.56. The van der Waals surface area contributed by atoms with Gasteiger partial charge in [-0.1, -0.05) is 0 Å². The largest absolute Gasteiger partial charge is 0.480 e. The summed E-state index contributed by atoms with van der Waals surface area (Å²) in [5, 5.41) is 8.87. The monoisotopic (exact) mass is 247 g/mol. The molecule has 0 bridgehead atoms. The number of nitrogens with zero attached hydrogens (tertiary/aromatic N) is 1. The Kier molecular flexibility index (Phi) is 3.72. The fraction of sp³-hybridized carbons (Fsp3) is 0.800. The van der Waals surface area contributed by atoms with E-state index in [0.717, 1.165) is 12.8 Å². The Morgan fingerprint density at radius 3 is 2.31 bits per heavy atom. The van der Waals surface area contributed by atoms with E-state index in [1.54, 1.807) is 11.9 Å². The lowest BCUT2D eigenvalue weighted by Crippen LogP contribution is -2.42. The van der Waals surface area contributed by atoms with Gasteiger partial charge >= 0.3 is 5.97 Å². The molecule has 0 saturated heterocycles. The van der Waals surface area contributed by atoms with Crippen LogP contribution in [0.2, 0.25) is 0 Å². The Bertz CT molecular complexity index is 336. The third kappa shape index (κ3) is 2.81. The normalized spacial score (nSPS) is 17.9. The second-order valence-corrected chi connectivity index (χ2v) is 6.54. The van der Waals surface area contributed by atoms with E-state index in [4.69, 9.17) is 5.11 Å². The second-order valence-electron chi connectivity index (χ2n) is 4.54. The molecular weight excluding hydrogens is 230 g/mol. The first-order chi connectivity index (χ1) is 7.26. The van der Waals surface area contributed by atoms with E-state index in [9.17, 15) is 13.8 Å². The van der Waals surface area contributed by atoms with Crippen LogP contribution < -0.4 is 0 Å². The molecule has 1 aliphatic rings. The molecule has 1 saturated carbocycles. The highest BCUT2D eigenvalue weighted by Crippen LogP contribution is 2.25. The first-order valence-electron chi connectivity index (χ1n) is 5.14. The van der Waals surface area contributed by atoms with E-state index in [2.05, 4.69) is 0 Å². The van der Waals surface area contributed by atoms with Gasteiger partial charge in [0.25, 0.3) is 0 Å². The number of rotatable bonds is 5. The number of carboxylic acid groups (broad SMARTS) is 1. The average molecular weight is 247 g/mol. The first kappa shape index (κ1) is 13.2. The standard InChI is InChI=1S/C10H17NO4S/c1-10(2,9(13)14)16(15)6-8(12)11(3)7-4-5-7/h7H,4-6H2,1-3H3,(H,13,14). The van der Waals surface area contributed by atoms with Crippen molar-refractivity contribution in [2.45, 2.75) is 37.5 Å². The SMILES string of the molecule is CN(C(=O)CS(=O)C(C)(C)C(=O)O)C1CC1. The van der Waals surface area contributed by atoms with Crippen molar-refractivity contribution in [3.63, 3.8) is 0 Å². The van der Waals surface area contributed by atoms with Crippen LogP contribution in [0.1, 0.15) is 26.7 Å². The van der Waals surface area contributed by atoms with Gasteiger partial charge in [0.05, 0.1) is 0 Å². The minimum absolute atomic E-state index is 0.216. The summed E-state index contributed by atoms with van der Waals surface area (Å²) in [4.78, 5) is 24.1. The van der Waals surface area contributed by atoms with E-state index < -0.39 is 21.5 Å². The Hall–Kier alpha value is -0.910. The van der Waals surface area contributed by atoms with Gasteiger partial charge in [0.1, 0.15) is 10.5 Å². The molecule has 0 aromatic rings. The van der Waals surface area contributed by atoms with Crippen molar-refractivity contribution in [1.82, 2.24) is 4.90 Å². The van der Waals surface area contributed by atoms with Crippen LogP contribution in [-0.4, -0.2) is 49.7 Å². The molecular formula is C10H17NO4S. The number of carboxylic acids is 1. The molecule has 0 spiro atoms. The molecule has 0 heterocycles. The van der Waals surface area contributed by atoms with Crippen molar-refractivity contribution >= 4 is 22.7 Å². The Morgan fingerprint density at radius 2 is 1.94 bits per heavy atom. The predicted octanol–water partition coefficient (Wildman–Crippen LogP) is 0.219. The maximum absolute atomic E-state index is 11.7. The molecule has 16 heavy (non-hydrogen) atoms. The molecule has 0 aromatic heterocycles. The summed E-state index contributed by atoms with van der Waals surface area (Å²) >= 11 is 0. The van der Waals surface area contributed by atoms with Crippen LogP contribution in [0.4, 0.5) is 0 Å². The highest BCUT2D eigenvalue weighted by molar-refractivity contribution is 7.87. The van der Waals surface area contributed by atoms with Crippen LogP contribution in [0, 0.1) is 0 Å². The van der Waals surface area contributed by atoms with Gasteiger partial charge in [-0.3, -0.25) is 13.8 Å². The Labute approximate surface area is 97.3 Å². The van der Waals surface area contributed by atoms with Gasteiger partial charge in [0, 0.05) is 23.9 Å². The molecule has 5 nitrogen and oxygen atoms in total. The van der Waals surface area contributed by atoms with E-state index in [1.165, 1.54) is 13.8 Å². The fourth-order valence-electron chi connectivity index (χ4n) is 1.16. The fourth-order valence-corrected chi connectivity index (χ4v) is 2.14. The third-order valence-electron chi connectivity index (χ3n) is 2.83. The summed E-state index contributed by atoms with van der Waals surface area (Å²) in [6.07, 6.45) is 1.97. The highest BCUT2D eigenvalue weighted by Gasteiger charge is 2.37. The number of carbonyl (C=O) groups is 2. The predicted molar refractivity (Wildman–Crippen MR) is 60.5 cm³/mol. The molecule has 92 valence electrons. The van der Waals surface area contributed by atoms with Crippen LogP contribution in [-0.2, 0) is 20.4 Å². The van der Waals surface area contributed by atoms with Gasteiger partial charge < -0.3 is 10.0 Å². The molecule has 1 amide bonds. The van der Waals surface area contributed by atoms with Crippen molar-refractivity contribution in [2.75, 3.05) is 12.8 Å². The summed E-state index contributed by atoms with van der Waals surface area (Å²) in [5.41, 5.74) is 0. The summed E-state index contributed by atoms with van der Waals surface area (Å²) < 4.78 is 10.4. The summed E-state index contributed by atoms with van der Waals surface area (Å²) in [5.74, 6) is -1.60. The maximum Gasteiger partial charge on any atom is 0.321 e. The van der Waals surface area contributed by atoms with Crippen LogP contribution in [0.25, 0.3) is 0 Å². The first-order valence-corrected chi connectivity index (χ1v) is 6.46. The topological polar surface area (TPSA) is 74.7 Å². The van der Waals surface area contributed by atoms with Crippen molar-refractivity contribution in [3.8, 4) is 0 Å². The Morgan fingerprint density at radius 1 is 1.44 bits per heavy atom. The molecule has 1 N–H and O–H groups in total. The summed E-state index contributed by atoms with van der Waals surface area (Å²) in [6, 6.07) is 0.262. The lowest BCUT2D eigenvalue weighted by molar-refractivity contribution is -0.139. The quantitative estimate of drug-likeness (QED) is 0.754. The number of carbonyl (C=O) groups excluding carboxylic acids is 1. The highest BCUT2D eigenvalue weighted by atomic mass is 32.2. The molecule has 0 aliphatic heterocycles. The molecule has 1 fully saturated rings. The number of hydrogen-bond donors (Lipinski definition) is 1. The van der Waals surface area contributed by atoms with E-state index in [-0.39, 0.29) is 17.7 Å². The molecule has 0 aromatic carbocycles. The van der Waals surface area contributed by atoms with Gasteiger partial charge in [0.2, 0.25) is 5.91 Å². The zero-order valence-electron chi connectivity index (χ0n) is 9.73. The molecule has 1 aliphatic carbocycles. The van der Waals surface area contributed by atoms with Crippen molar-refractivity contribution < 1.29 is 18.9 Å². The van der Waals surface area contributed by atoms with Crippen LogP contribution >= 0.6 is 0 Å². The van der Waals surface area contributed by atoms with Crippen molar-refractivity contribution in [2.24, 2.45) is 0 Å².